The van der Waals surface area contributed by atoms with Crippen molar-refractivity contribution in [3.8, 4) is 5.75 Å². The Morgan fingerprint density at radius 3 is 2.82 bits per heavy atom. The fourth-order valence-corrected chi connectivity index (χ4v) is 1.50. The van der Waals surface area contributed by atoms with Gasteiger partial charge in [-0.15, -0.1) is 0 Å². The molecule has 1 unspecified atom stereocenters. The highest BCUT2D eigenvalue weighted by atomic mass is 79.9. The van der Waals surface area contributed by atoms with Gasteiger partial charge >= 0.3 is 11.7 Å². The number of ether oxygens (including phenoxy) is 1. The summed E-state index contributed by atoms with van der Waals surface area (Å²) in [5.41, 5.74) is 4.98. The lowest BCUT2D eigenvalue weighted by atomic mass is 10.3. The van der Waals surface area contributed by atoms with E-state index in [9.17, 15) is 14.9 Å². The molecule has 8 heteroatoms. The molecule has 1 aromatic rings. The fourth-order valence-electron chi connectivity index (χ4n) is 1.03. The molecule has 0 aliphatic rings. The predicted octanol–water partition coefficient (Wildman–Crippen LogP) is 1.15. The van der Waals surface area contributed by atoms with Gasteiger partial charge in [0.05, 0.1) is 9.40 Å². The Labute approximate surface area is 104 Å². The minimum Gasteiger partial charge on any atom is -0.484 e. The maximum absolute atomic E-state index is 10.7. The van der Waals surface area contributed by atoms with Crippen LogP contribution in [-0.4, -0.2) is 28.6 Å². The van der Waals surface area contributed by atoms with Crippen molar-refractivity contribution < 1.29 is 19.6 Å². The number of carbonyl (C=O) groups is 1. The number of nitro benzene ring substituents is 1. The molecule has 17 heavy (non-hydrogen) atoms. The molecular weight excluding hydrogens is 296 g/mol. The first-order chi connectivity index (χ1) is 7.93. The Morgan fingerprint density at radius 2 is 2.29 bits per heavy atom. The maximum Gasteiger partial charge on any atom is 0.324 e. The summed E-state index contributed by atoms with van der Waals surface area (Å²) in [5.74, 6) is -1.27. The lowest BCUT2D eigenvalue weighted by Crippen LogP contribution is -2.36. The second kappa shape index (κ2) is 5.60. The highest BCUT2D eigenvalue weighted by Crippen LogP contribution is 2.34. The number of halogens is 1. The highest BCUT2D eigenvalue weighted by Gasteiger charge is 2.20. The van der Waals surface area contributed by atoms with E-state index in [2.05, 4.69) is 15.9 Å². The summed E-state index contributed by atoms with van der Waals surface area (Å²) < 4.78 is 5.42. The summed E-state index contributed by atoms with van der Waals surface area (Å²) >= 11 is 3.08. The van der Waals surface area contributed by atoms with E-state index in [1.54, 1.807) is 6.07 Å². The van der Waals surface area contributed by atoms with Crippen molar-refractivity contribution in [1.29, 1.82) is 0 Å². The normalized spacial score (nSPS) is 11.9. The Kier molecular flexibility index (Phi) is 4.41. The largest absolute Gasteiger partial charge is 0.484 e. The summed E-state index contributed by atoms with van der Waals surface area (Å²) in [5, 5.41) is 19.3. The third kappa shape index (κ3) is 3.40. The first-order valence-electron chi connectivity index (χ1n) is 4.47. The minimum absolute atomic E-state index is 0.0331. The average Bonchev–Trinajstić information content (AvgIpc) is 2.26. The number of carboxylic acids is 1. The van der Waals surface area contributed by atoms with Crippen molar-refractivity contribution in [3.05, 3.63) is 32.8 Å². The molecule has 0 aromatic heterocycles. The van der Waals surface area contributed by atoms with Crippen LogP contribution >= 0.6 is 15.9 Å². The van der Waals surface area contributed by atoms with Gasteiger partial charge in [-0.3, -0.25) is 14.9 Å². The molecule has 1 rings (SSSR count). The van der Waals surface area contributed by atoms with Crippen LogP contribution in [0.5, 0.6) is 5.75 Å². The van der Waals surface area contributed by atoms with E-state index < -0.39 is 16.9 Å². The fraction of sp³-hybridized carbons (Fsp3) is 0.222. The van der Waals surface area contributed by atoms with Crippen molar-refractivity contribution in [1.82, 2.24) is 0 Å². The van der Waals surface area contributed by atoms with Gasteiger partial charge in [0, 0.05) is 6.07 Å². The van der Waals surface area contributed by atoms with E-state index in [1.165, 1.54) is 12.1 Å². The second-order valence-corrected chi connectivity index (χ2v) is 3.96. The number of aliphatic carboxylic acids is 1. The Balaban J connectivity index is 2.90. The molecule has 0 saturated carbocycles. The molecule has 7 nitrogen and oxygen atoms in total. The molecule has 0 fully saturated rings. The quantitative estimate of drug-likeness (QED) is 0.622. The lowest BCUT2D eigenvalue weighted by molar-refractivity contribution is -0.386. The molecule has 0 radical (unpaired) electrons. The van der Waals surface area contributed by atoms with Gasteiger partial charge in [0.25, 0.3) is 0 Å². The molecule has 0 amide bonds. The predicted molar refractivity (Wildman–Crippen MR) is 61.9 cm³/mol. The maximum atomic E-state index is 10.7. The van der Waals surface area contributed by atoms with E-state index in [-0.39, 0.29) is 18.0 Å². The SMILES string of the molecule is NC(COc1c(Br)cccc1[N+](=O)[O-])C(=O)O. The van der Waals surface area contributed by atoms with Crippen LogP contribution in [0.15, 0.2) is 22.7 Å². The van der Waals surface area contributed by atoms with Crippen molar-refractivity contribution in [3.63, 3.8) is 0 Å². The van der Waals surface area contributed by atoms with E-state index in [0.29, 0.717) is 4.47 Å². The van der Waals surface area contributed by atoms with E-state index in [0.717, 1.165) is 0 Å². The van der Waals surface area contributed by atoms with E-state index in [4.69, 9.17) is 15.6 Å². The molecule has 1 aromatic carbocycles. The third-order valence-electron chi connectivity index (χ3n) is 1.87. The van der Waals surface area contributed by atoms with Crippen molar-refractivity contribution >= 4 is 27.6 Å². The number of nitrogens with zero attached hydrogens (tertiary/aromatic N) is 1. The average molecular weight is 305 g/mol. The molecule has 0 aliphatic heterocycles. The molecule has 0 spiro atoms. The number of para-hydroxylation sites is 1. The smallest absolute Gasteiger partial charge is 0.324 e. The molecular formula is C9H9BrN2O5. The summed E-state index contributed by atoms with van der Waals surface area (Å²) in [7, 11) is 0. The highest BCUT2D eigenvalue weighted by molar-refractivity contribution is 9.10. The van der Waals surface area contributed by atoms with Gasteiger partial charge in [-0.1, -0.05) is 6.07 Å². The standard InChI is InChI=1S/C9H9BrN2O5/c10-5-2-1-3-7(12(15)16)8(5)17-4-6(11)9(13)14/h1-3,6H,4,11H2,(H,13,14). The monoisotopic (exact) mass is 304 g/mol. The van der Waals surface area contributed by atoms with Crippen LogP contribution in [0.1, 0.15) is 0 Å². The van der Waals surface area contributed by atoms with E-state index in [1.807, 2.05) is 0 Å². The minimum atomic E-state index is -1.24. The summed E-state index contributed by atoms with van der Waals surface area (Å²) in [6, 6.07) is 3.05. The number of hydrogen-bond donors (Lipinski definition) is 2. The van der Waals surface area contributed by atoms with Gasteiger partial charge in [0.1, 0.15) is 12.6 Å². The lowest BCUT2D eigenvalue weighted by Gasteiger charge is -2.10. The van der Waals surface area contributed by atoms with E-state index >= 15 is 0 Å². The topological polar surface area (TPSA) is 116 Å². The number of carboxylic acid groups (broad SMARTS) is 1. The van der Waals surface area contributed by atoms with Gasteiger partial charge in [-0.25, -0.2) is 0 Å². The first-order valence-corrected chi connectivity index (χ1v) is 5.27. The van der Waals surface area contributed by atoms with Crippen LogP contribution in [0.4, 0.5) is 5.69 Å². The van der Waals surface area contributed by atoms with Crippen molar-refractivity contribution in [2.24, 2.45) is 5.73 Å². The van der Waals surface area contributed by atoms with Gasteiger partial charge < -0.3 is 15.6 Å². The second-order valence-electron chi connectivity index (χ2n) is 3.10. The Hall–Kier alpha value is -1.67. The third-order valence-corrected chi connectivity index (χ3v) is 2.49. The molecule has 0 saturated heterocycles. The first kappa shape index (κ1) is 13.4. The number of hydrogen-bond acceptors (Lipinski definition) is 5. The van der Waals surface area contributed by atoms with Crippen molar-refractivity contribution in [2.75, 3.05) is 6.61 Å². The number of benzene rings is 1. The zero-order valence-corrected chi connectivity index (χ0v) is 10.1. The van der Waals surface area contributed by atoms with Crippen LogP contribution in [0.2, 0.25) is 0 Å². The molecule has 1 atom stereocenters. The molecule has 92 valence electrons. The van der Waals surface area contributed by atoms with Gasteiger partial charge in [0.15, 0.2) is 0 Å². The Morgan fingerprint density at radius 1 is 1.65 bits per heavy atom. The number of nitrogens with two attached hydrogens (primary N) is 1. The Bertz CT molecular complexity index is 451. The van der Waals surface area contributed by atoms with Crippen LogP contribution in [-0.2, 0) is 4.79 Å². The zero-order valence-electron chi connectivity index (χ0n) is 8.50. The molecule has 0 heterocycles. The van der Waals surface area contributed by atoms with Crippen LogP contribution in [0, 0.1) is 10.1 Å². The van der Waals surface area contributed by atoms with Crippen LogP contribution < -0.4 is 10.5 Å². The number of nitro groups is 1. The summed E-state index contributed by atoms with van der Waals surface area (Å²) in [4.78, 5) is 20.6. The molecule has 0 bridgehead atoms. The molecule has 3 N–H and O–H groups in total. The van der Waals surface area contributed by atoms with Crippen molar-refractivity contribution in [2.45, 2.75) is 6.04 Å². The van der Waals surface area contributed by atoms with Gasteiger partial charge in [-0.05, 0) is 22.0 Å². The summed E-state index contributed by atoms with van der Waals surface area (Å²) in [6.07, 6.45) is 0. The van der Waals surface area contributed by atoms with Crippen LogP contribution in [0.3, 0.4) is 0 Å². The van der Waals surface area contributed by atoms with Gasteiger partial charge in [0.2, 0.25) is 5.75 Å². The number of rotatable bonds is 5. The zero-order chi connectivity index (χ0) is 13.0. The van der Waals surface area contributed by atoms with Crippen LogP contribution in [0.25, 0.3) is 0 Å². The summed E-state index contributed by atoms with van der Waals surface area (Å²) in [6.45, 7) is -0.348. The molecule has 0 aliphatic carbocycles. The van der Waals surface area contributed by atoms with Gasteiger partial charge in [-0.2, -0.15) is 0 Å².